The van der Waals surface area contributed by atoms with E-state index >= 15 is 0 Å². The first-order chi connectivity index (χ1) is 9.05. The van der Waals surface area contributed by atoms with Crippen LogP contribution < -0.4 is 5.73 Å². The lowest BCUT2D eigenvalue weighted by Crippen LogP contribution is -2.45. The third-order valence-electron chi connectivity index (χ3n) is 3.57. The average Bonchev–Trinajstić information content (AvgIpc) is 3.15. The second-order valence-corrected chi connectivity index (χ2v) is 5.36. The molecule has 0 bridgehead atoms. The Kier molecular flexibility index (Phi) is 5.96. The number of amides is 1. The molecule has 0 spiro atoms. The Morgan fingerprint density at radius 1 is 1.35 bits per heavy atom. The molecule has 1 aromatic carbocycles. The molecule has 1 saturated carbocycles. The highest BCUT2D eigenvalue weighted by atomic mass is 35.5. The largest absolute Gasteiger partial charge is 0.337 e. The van der Waals surface area contributed by atoms with Crippen LogP contribution in [0.2, 0.25) is 0 Å². The van der Waals surface area contributed by atoms with E-state index in [0.29, 0.717) is 13.1 Å². The Morgan fingerprint density at radius 2 is 1.95 bits per heavy atom. The molecule has 20 heavy (non-hydrogen) atoms. The zero-order chi connectivity index (χ0) is 13.9. The van der Waals surface area contributed by atoms with Crippen molar-refractivity contribution in [2.45, 2.75) is 44.7 Å². The maximum Gasteiger partial charge on any atom is 0.242 e. The highest BCUT2D eigenvalue weighted by molar-refractivity contribution is 5.89. The van der Waals surface area contributed by atoms with Gasteiger partial charge in [0.2, 0.25) is 5.91 Å². The predicted octanol–water partition coefficient (Wildman–Crippen LogP) is 2.87. The molecule has 1 amide bonds. The third-order valence-corrected chi connectivity index (χ3v) is 3.57. The van der Waals surface area contributed by atoms with Gasteiger partial charge in [-0.15, -0.1) is 12.4 Å². The number of hydrogen-bond donors (Lipinski definition) is 1. The summed E-state index contributed by atoms with van der Waals surface area (Å²) in [6.07, 6.45) is 3.55. The summed E-state index contributed by atoms with van der Waals surface area (Å²) in [5, 5.41) is 0. The molecule has 1 fully saturated rings. The number of unbranched alkanes of at least 4 members (excludes halogenated alkanes) is 1. The zero-order valence-corrected chi connectivity index (χ0v) is 12.6. The van der Waals surface area contributed by atoms with E-state index in [1.54, 1.807) is 12.1 Å². The van der Waals surface area contributed by atoms with E-state index in [9.17, 15) is 9.18 Å². The molecule has 2 N–H and O–H groups in total. The summed E-state index contributed by atoms with van der Waals surface area (Å²) in [5.74, 6) is -0.224. The molecule has 1 aliphatic rings. The summed E-state index contributed by atoms with van der Waals surface area (Å²) in [6, 6.07) is 6.29. The van der Waals surface area contributed by atoms with Crippen LogP contribution in [0.4, 0.5) is 4.39 Å². The molecule has 1 aromatic rings. The molecular weight excluding hydrogens is 279 g/mol. The number of nitrogens with two attached hydrogens (primary N) is 1. The van der Waals surface area contributed by atoms with Crippen LogP contribution in [0.25, 0.3) is 0 Å². The zero-order valence-electron chi connectivity index (χ0n) is 11.8. The van der Waals surface area contributed by atoms with Crippen molar-refractivity contribution >= 4 is 18.3 Å². The van der Waals surface area contributed by atoms with Gasteiger partial charge in [0.1, 0.15) is 5.82 Å². The first kappa shape index (κ1) is 16.9. The predicted molar refractivity (Wildman–Crippen MR) is 80.1 cm³/mol. The Hall–Kier alpha value is -1.13. The SMILES string of the molecule is CCCCN(Cc1ccc(F)cc1)C(=O)C1(N)CC1.Cl. The van der Waals surface area contributed by atoms with Gasteiger partial charge in [0, 0.05) is 13.1 Å². The second-order valence-electron chi connectivity index (χ2n) is 5.36. The van der Waals surface area contributed by atoms with Crippen molar-refractivity contribution in [3.8, 4) is 0 Å². The van der Waals surface area contributed by atoms with E-state index < -0.39 is 5.54 Å². The van der Waals surface area contributed by atoms with Gasteiger partial charge in [0.25, 0.3) is 0 Å². The van der Waals surface area contributed by atoms with E-state index in [-0.39, 0.29) is 24.1 Å². The van der Waals surface area contributed by atoms with Gasteiger partial charge in [-0.2, -0.15) is 0 Å². The molecule has 0 radical (unpaired) electrons. The summed E-state index contributed by atoms with van der Waals surface area (Å²) >= 11 is 0. The quantitative estimate of drug-likeness (QED) is 0.878. The second kappa shape index (κ2) is 7.04. The van der Waals surface area contributed by atoms with Gasteiger partial charge in [-0.3, -0.25) is 4.79 Å². The monoisotopic (exact) mass is 300 g/mol. The first-order valence-electron chi connectivity index (χ1n) is 6.88. The lowest BCUT2D eigenvalue weighted by molar-refractivity contribution is -0.134. The Balaban J connectivity index is 0.00000200. The third kappa shape index (κ3) is 4.18. The van der Waals surface area contributed by atoms with Gasteiger partial charge in [-0.25, -0.2) is 4.39 Å². The summed E-state index contributed by atoms with van der Waals surface area (Å²) < 4.78 is 12.9. The van der Waals surface area contributed by atoms with Crippen LogP contribution in [0.1, 0.15) is 38.2 Å². The van der Waals surface area contributed by atoms with Gasteiger partial charge in [-0.05, 0) is 37.0 Å². The summed E-state index contributed by atoms with van der Waals surface area (Å²) in [4.78, 5) is 14.1. The number of carbonyl (C=O) groups is 1. The summed E-state index contributed by atoms with van der Waals surface area (Å²) in [5.41, 5.74) is 6.30. The topological polar surface area (TPSA) is 46.3 Å². The van der Waals surface area contributed by atoms with E-state index in [1.807, 2.05) is 4.90 Å². The molecule has 3 nitrogen and oxygen atoms in total. The van der Waals surface area contributed by atoms with Crippen LogP contribution in [0, 0.1) is 5.82 Å². The average molecular weight is 301 g/mol. The van der Waals surface area contributed by atoms with Crippen molar-refractivity contribution < 1.29 is 9.18 Å². The van der Waals surface area contributed by atoms with Crippen molar-refractivity contribution in [3.63, 3.8) is 0 Å². The van der Waals surface area contributed by atoms with Gasteiger partial charge in [0.05, 0.1) is 5.54 Å². The van der Waals surface area contributed by atoms with Gasteiger partial charge in [-0.1, -0.05) is 25.5 Å². The summed E-state index contributed by atoms with van der Waals surface area (Å²) in [7, 11) is 0. The van der Waals surface area contributed by atoms with E-state index in [4.69, 9.17) is 5.73 Å². The molecule has 0 unspecified atom stereocenters. The Labute approximate surface area is 125 Å². The molecule has 1 aliphatic carbocycles. The minimum atomic E-state index is -0.631. The number of halogens is 2. The minimum absolute atomic E-state index is 0. The van der Waals surface area contributed by atoms with E-state index in [2.05, 4.69) is 6.92 Å². The lowest BCUT2D eigenvalue weighted by Gasteiger charge is -2.25. The fraction of sp³-hybridized carbons (Fsp3) is 0.533. The number of rotatable bonds is 6. The standard InChI is InChI=1S/C15H21FN2O.ClH/c1-2-3-10-18(14(19)15(17)8-9-15)11-12-4-6-13(16)7-5-12;/h4-7H,2-3,8-11,17H2,1H3;1H. The normalized spacial score (nSPS) is 15.3. The molecule has 0 heterocycles. The van der Waals surface area contributed by atoms with Crippen LogP contribution in [0.3, 0.4) is 0 Å². The van der Waals surface area contributed by atoms with Gasteiger partial charge < -0.3 is 10.6 Å². The number of benzene rings is 1. The molecule has 0 saturated heterocycles. The van der Waals surface area contributed by atoms with Crippen LogP contribution in [0.5, 0.6) is 0 Å². The van der Waals surface area contributed by atoms with Crippen LogP contribution in [-0.2, 0) is 11.3 Å². The van der Waals surface area contributed by atoms with Crippen LogP contribution >= 0.6 is 12.4 Å². The highest BCUT2D eigenvalue weighted by Crippen LogP contribution is 2.34. The van der Waals surface area contributed by atoms with E-state index in [0.717, 1.165) is 31.2 Å². The minimum Gasteiger partial charge on any atom is -0.337 e. The molecule has 0 aromatic heterocycles. The maximum atomic E-state index is 12.9. The highest BCUT2D eigenvalue weighted by Gasteiger charge is 2.47. The Bertz CT molecular complexity index is 446. The Morgan fingerprint density at radius 3 is 2.45 bits per heavy atom. The van der Waals surface area contributed by atoms with Gasteiger partial charge >= 0.3 is 0 Å². The number of carbonyl (C=O) groups excluding carboxylic acids is 1. The number of hydrogen-bond acceptors (Lipinski definition) is 2. The van der Waals surface area contributed by atoms with Crippen molar-refractivity contribution in [2.75, 3.05) is 6.54 Å². The van der Waals surface area contributed by atoms with E-state index in [1.165, 1.54) is 12.1 Å². The van der Waals surface area contributed by atoms with Crippen molar-refractivity contribution in [3.05, 3.63) is 35.6 Å². The lowest BCUT2D eigenvalue weighted by atomic mass is 10.1. The van der Waals surface area contributed by atoms with Crippen molar-refractivity contribution in [1.29, 1.82) is 0 Å². The molecule has 2 rings (SSSR count). The first-order valence-corrected chi connectivity index (χ1v) is 6.88. The van der Waals surface area contributed by atoms with Crippen molar-refractivity contribution in [2.24, 2.45) is 5.73 Å². The summed E-state index contributed by atoms with van der Waals surface area (Å²) in [6.45, 7) is 3.32. The van der Waals surface area contributed by atoms with Crippen LogP contribution in [0.15, 0.2) is 24.3 Å². The molecule has 5 heteroatoms. The molecule has 0 aliphatic heterocycles. The van der Waals surface area contributed by atoms with Gasteiger partial charge in [0.15, 0.2) is 0 Å². The van der Waals surface area contributed by atoms with Crippen molar-refractivity contribution in [1.82, 2.24) is 4.90 Å². The molecular formula is C15H22ClFN2O. The fourth-order valence-electron chi connectivity index (χ4n) is 2.08. The fourth-order valence-corrected chi connectivity index (χ4v) is 2.08. The smallest absolute Gasteiger partial charge is 0.242 e. The maximum absolute atomic E-state index is 12.9. The molecule has 0 atom stereocenters. The molecule has 112 valence electrons. The van der Waals surface area contributed by atoms with Crippen LogP contribution in [-0.4, -0.2) is 22.9 Å². The number of nitrogens with zero attached hydrogens (tertiary/aromatic N) is 1.